The van der Waals surface area contributed by atoms with E-state index in [4.69, 9.17) is 13.2 Å². The predicted octanol–water partition coefficient (Wildman–Crippen LogP) is -1.64. The lowest BCUT2D eigenvalue weighted by Gasteiger charge is -2.26. The van der Waals surface area contributed by atoms with Gasteiger partial charge < -0.3 is 25.8 Å². The van der Waals surface area contributed by atoms with Gasteiger partial charge in [0.05, 0.1) is 21.8 Å². The van der Waals surface area contributed by atoms with Crippen LogP contribution in [-0.2, 0) is 4.74 Å². The Hall–Kier alpha value is -2.32. The summed E-state index contributed by atoms with van der Waals surface area (Å²) < 4.78 is 33.6. The summed E-state index contributed by atoms with van der Waals surface area (Å²) in [5.41, 5.74) is 3.49. The van der Waals surface area contributed by atoms with Crippen molar-refractivity contribution in [2.75, 3.05) is 19.0 Å². The second-order valence-corrected chi connectivity index (χ2v) is 4.83. The molecule has 0 aromatic carbocycles. The normalized spacial score (nSPS) is 32.3. The van der Waals surface area contributed by atoms with Gasteiger partial charge in [0.15, 0.2) is 17.5 Å². The molecule has 1 aliphatic heterocycles. The average Bonchev–Trinajstić information content (AvgIpc) is 3.05. The highest BCUT2D eigenvalue weighted by Gasteiger charge is 2.55. The molecule has 5 N–H and O–H groups in total. The number of hydrogen-bond acceptors (Lipinski definition) is 8. The number of alkyl halides is 1. The first-order valence-electron chi connectivity index (χ1n) is 7.48. The van der Waals surface area contributed by atoms with Crippen LogP contribution in [0.5, 0.6) is 0 Å². The van der Waals surface area contributed by atoms with Gasteiger partial charge in [-0.25, -0.2) is 14.4 Å². The molecule has 0 spiro atoms. The summed E-state index contributed by atoms with van der Waals surface area (Å²) >= 11 is 0. The highest BCUT2D eigenvalue weighted by atomic mass is 19.1. The van der Waals surface area contributed by atoms with E-state index >= 15 is 0 Å². The number of ether oxygens (including phenoxy) is 1. The number of anilines is 1. The fraction of sp³-hybridized carbons (Fsp3) is 0.462. The maximum absolute atomic E-state index is 12.5. The number of nitrogens with zero attached hydrogens (tertiary/aromatic N) is 4. The molecule has 0 amide bonds. The van der Waals surface area contributed by atoms with Gasteiger partial charge in [0, 0.05) is 0 Å². The fourth-order valence-electron chi connectivity index (χ4n) is 2.39. The van der Waals surface area contributed by atoms with E-state index in [1.807, 2.05) is 5.92 Å². The minimum atomic E-state index is -3.00. The number of rotatable bonds is 2. The Morgan fingerprint density at radius 3 is 3.04 bits per heavy atom. The first kappa shape index (κ1) is 13.1. The molecule has 3 rings (SSSR count). The molecule has 1 unspecified atom stereocenters. The zero-order chi connectivity index (χ0) is 18.4. The molecule has 0 saturated carbocycles. The molecule has 0 aliphatic carbocycles. The highest BCUT2D eigenvalue weighted by molar-refractivity contribution is 5.70. The summed E-state index contributed by atoms with van der Waals surface area (Å²) in [6, 6.07) is 0. The number of nitrogens with two attached hydrogens (primary N) is 1. The average molecular weight is 325 g/mol. The maximum Gasteiger partial charge on any atom is 0.222 e. The van der Waals surface area contributed by atoms with Crippen LogP contribution in [0.25, 0.3) is 11.2 Å². The number of fused-ring (bicyclic) bond motifs is 1. The molecule has 122 valence electrons. The van der Waals surface area contributed by atoms with E-state index in [1.165, 1.54) is 12.5 Å². The van der Waals surface area contributed by atoms with Crippen molar-refractivity contribution in [3.63, 3.8) is 0 Å². The van der Waals surface area contributed by atoms with Gasteiger partial charge in [-0.15, -0.1) is 0 Å². The molecule has 9 nitrogen and oxygen atoms in total. The molecule has 23 heavy (non-hydrogen) atoms. The Labute approximate surface area is 132 Å². The lowest BCUT2D eigenvalue weighted by atomic mass is 9.94. The largest absolute Gasteiger partial charge is 0.394 e. The molecule has 4 atom stereocenters. The van der Waals surface area contributed by atoms with Crippen LogP contribution in [0.1, 0.15) is 8.97 Å². The van der Waals surface area contributed by atoms with Gasteiger partial charge in [0.1, 0.15) is 24.4 Å². The quantitative estimate of drug-likeness (QED) is 0.482. The van der Waals surface area contributed by atoms with Gasteiger partial charge >= 0.3 is 0 Å². The second kappa shape index (κ2) is 5.71. The third kappa shape index (κ3) is 2.40. The minimum Gasteiger partial charge on any atom is -0.394 e. The van der Waals surface area contributed by atoms with Crippen LogP contribution >= 0.6 is 0 Å². The predicted molar refractivity (Wildman–Crippen MR) is 75.4 cm³/mol. The Bertz CT molecular complexity index is 863. The SMILES string of the molecule is [2H]C([2H])(O)[C@H]1O[C@@H](n2cnc3cnc(N)nc32)C(O)(C#CCF)[C@H]1O. The van der Waals surface area contributed by atoms with Gasteiger partial charge in [-0.2, -0.15) is 4.98 Å². The fourth-order valence-corrected chi connectivity index (χ4v) is 2.39. The third-order valence-electron chi connectivity index (χ3n) is 3.46. The van der Waals surface area contributed by atoms with Crippen LogP contribution in [0.2, 0.25) is 0 Å². The number of hydrogen-bond donors (Lipinski definition) is 4. The van der Waals surface area contributed by atoms with Crippen molar-refractivity contribution in [3.8, 4) is 11.8 Å². The lowest BCUT2D eigenvalue weighted by molar-refractivity contribution is -0.0722. The zero-order valence-electron chi connectivity index (χ0n) is 13.6. The van der Waals surface area contributed by atoms with Crippen LogP contribution in [0.3, 0.4) is 0 Å². The van der Waals surface area contributed by atoms with Crippen molar-refractivity contribution in [1.29, 1.82) is 0 Å². The van der Waals surface area contributed by atoms with Gasteiger partial charge in [-0.05, 0) is 0 Å². The third-order valence-corrected chi connectivity index (χ3v) is 3.46. The monoisotopic (exact) mass is 325 g/mol. The molecule has 3 heterocycles. The van der Waals surface area contributed by atoms with Crippen molar-refractivity contribution in [2.45, 2.75) is 24.0 Å². The van der Waals surface area contributed by atoms with E-state index in [-0.39, 0.29) is 17.1 Å². The van der Waals surface area contributed by atoms with Crippen molar-refractivity contribution < 1.29 is 27.2 Å². The van der Waals surface area contributed by atoms with Gasteiger partial charge in [0.2, 0.25) is 5.95 Å². The van der Waals surface area contributed by atoms with Crippen molar-refractivity contribution in [3.05, 3.63) is 12.5 Å². The van der Waals surface area contributed by atoms with E-state index < -0.39 is 37.3 Å². The van der Waals surface area contributed by atoms with Crippen LogP contribution in [-0.4, -0.2) is 65.9 Å². The molecule has 10 heteroatoms. The Balaban J connectivity index is 2.15. The zero-order valence-corrected chi connectivity index (χ0v) is 11.6. The van der Waals surface area contributed by atoms with E-state index in [9.17, 15) is 19.7 Å². The minimum absolute atomic E-state index is 0.0970. The Kier molecular flexibility index (Phi) is 3.26. The number of aliphatic hydroxyl groups excluding tert-OH is 1. The molecule has 1 saturated heterocycles. The van der Waals surface area contributed by atoms with E-state index in [2.05, 4.69) is 20.9 Å². The standard InChI is InChI=1S/C13H14FN5O4/c14-3-1-2-13(22)9(21)8(5-20)23-11(13)19-6-17-7-4-16-12(15)18-10(7)19/h4,6,8-9,11,20-22H,3,5H2,(H2,15,16,18)/t8-,9+,11-,13?/m1/s1/i5D2. The Morgan fingerprint density at radius 2 is 2.35 bits per heavy atom. The smallest absolute Gasteiger partial charge is 0.222 e. The van der Waals surface area contributed by atoms with Gasteiger partial charge in [-0.1, -0.05) is 11.8 Å². The number of halogens is 1. The summed E-state index contributed by atoms with van der Waals surface area (Å²) in [5, 5.41) is 30.6. The maximum atomic E-state index is 12.5. The molecule has 2 aromatic heterocycles. The Morgan fingerprint density at radius 1 is 1.57 bits per heavy atom. The van der Waals surface area contributed by atoms with Crippen molar-refractivity contribution >= 4 is 17.1 Å². The van der Waals surface area contributed by atoms with Crippen LogP contribution < -0.4 is 5.73 Å². The van der Waals surface area contributed by atoms with Crippen molar-refractivity contribution in [1.82, 2.24) is 19.5 Å². The van der Waals surface area contributed by atoms with E-state index in [1.54, 1.807) is 0 Å². The first-order valence-corrected chi connectivity index (χ1v) is 6.48. The van der Waals surface area contributed by atoms with Gasteiger partial charge in [0.25, 0.3) is 0 Å². The molecule has 1 fully saturated rings. The molecular weight excluding hydrogens is 309 g/mol. The second-order valence-electron chi connectivity index (χ2n) is 4.83. The van der Waals surface area contributed by atoms with Gasteiger partial charge in [-0.3, -0.25) is 4.57 Å². The number of nitrogen functional groups attached to an aromatic ring is 1. The number of aromatic nitrogens is 4. The highest BCUT2D eigenvalue weighted by Crippen LogP contribution is 2.39. The lowest BCUT2D eigenvalue weighted by Crippen LogP contribution is -2.46. The van der Waals surface area contributed by atoms with E-state index in [0.29, 0.717) is 0 Å². The summed E-state index contributed by atoms with van der Waals surface area (Å²) in [7, 11) is 0. The molecule has 2 aromatic rings. The van der Waals surface area contributed by atoms with E-state index in [0.717, 1.165) is 4.57 Å². The summed E-state index contributed by atoms with van der Waals surface area (Å²) in [4.78, 5) is 11.7. The number of aliphatic hydroxyl groups is 3. The molecule has 0 bridgehead atoms. The topological polar surface area (TPSA) is 140 Å². The van der Waals surface area contributed by atoms with Crippen molar-refractivity contribution in [2.24, 2.45) is 0 Å². The van der Waals surface area contributed by atoms with Crippen LogP contribution in [0, 0.1) is 11.8 Å². The molecule has 1 aliphatic rings. The summed E-state index contributed by atoms with van der Waals surface area (Å²) in [6.07, 6.45) is -2.86. The van der Waals surface area contributed by atoms with Crippen LogP contribution in [0.15, 0.2) is 12.5 Å². The summed E-state index contributed by atoms with van der Waals surface area (Å²) in [6.45, 7) is -4.11. The van der Waals surface area contributed by atoms with Crippen LogP contribution in [0.4, 0.5) is 10.3 Å². The molecule has 0 radical (unpaired) electrons. The first-order chi connectivity index (χ1) is 11.7. The summed E-state index contributed by atoms with van der Waals surface area (Å²) in [5.74, 6) is 4.02. The number of imidazole rings is 1. The molecular formula is C13H14FN5O4.